The Labute approximate surface area is 653 Å². The van der Waals surface area contributed by atoms with Crippen molar-refractivity contribution in [2.45, 2.75) is 57.8 Å². The molecule has 8 nitrogen and oxygen atoms in total. The summed E-state index contributed by atoms with van der Waals surface area (Å²) in [7, 11) is 0. The fraction of sp³-hybridized carbons (Fsp3) is 0.0909. The van der Waals surface area contributed by atoms with Crippen LogP contribution in [0, 0.1) is 0 Å². The number of hydrogen-bond donors (Lipinski definition) is 0. The summed E-state index contributed by atoms with van der Waals surface area (Å²) in [6.07, 6.45) is 0. The van der Waals surface area contributed by atoms with Crippen LogP contribution in [0.4, 0.5) is 17.1 Å². The highest BCUT2D eigenvalue weighted by atomic mass is 16.5. The maximum atomic E-state index is 6.44. The first-order chi connectivity index (χ1) is 54.8. The van der Waals surface area contributed by atoms with Gasteiger partial charge in [-0.1, -0.05) is 270 Å². The van der Waals surface area contributed by atoms with Gasteiger partial charge in [0.25, 0.3) is 33.6 Å². The predicted octanol–water partition coefficient (Wildman–Crippen LogP) is 13.8. The molecule has 26 rings (SSSR count). The fourth-order valence-electron chi connectivity index (χ4n) is 20.8. The van der Waals surface area contributed by atoms with Crippen molar-refractivity contribution in [1.29, 1.82) is 0 Å². The minimum atomic E-state index is -0.0658. The smallest absolute Gasteiger partial charge is 0.266 e. The minimum absolute atomic E-state index is 0.0174. The van der Waals surface area contributed by atoms with E-state index in [1.807, 2.05) is 54.6 Å². The maximum Gasteiger partial charge on any atom is 0.266 e. The molecule has 15 aromatic carbocycles. The average molecular weight is 1440 g/mol. The second-order valence-corrected chi connectivity index (χ2v) is 32.6. The molecule has 0 saturated heterocycles. The van der Waals surface area contributed by atoms with Crippen molar-refractivity contribution >= 4 is 133 Å². The lowest BCUT2D eigenvalue weighted by atomic mass is 9.26. The van der Waals surface area contributed by atoms with Gasteiger partial charge in [0.05, 0.1) is 0 Å². The summed E-state index contributed by atoms with van der Waals surface area (Å²) >= 11 is 0. The summed E-state index contributed by atoms with van der Waals surface area (Å²) in [6.45, 7) is 14.9. The van der Waals surface area contributed by atoms with E-state index in [0.29, 0.717) is 6.71 Å². The molecule has 0 atom stereocenters. The lowest BCUT2D eigenvalue weighted by Crippen LogP contribution is -2.68. The normalized spacial score (nSPS) is 15.5. The van der Waals surface area contributed by atoms with Crippen LogP contribution in [0.1, 0.15) is 74.9 Å². The van der Waals surface area contributed by atoms with Crippen LogP contribution < -0.4 is 120 Å². The van der Waals surface area contributed by atoms with Gasteiger partial charge in [-0.25, -0.2) is 0 Å². The summed E-state index contributed by atoms with van der Waals surface area (Å²) in [4.78, 5) is 2.32. The number of anilines is 3. The molecule has 0 radical (unpaired) electrons. The average Bonchev–Trinajstić information content (AvgIpc) is 0.677. The molecular weight excluding hydrogens is 1370 g/mol. The molecule has 0 aliphatic carbocycles. The molecule has 0 fully saturated rings. The first-order valence-electron chi connectivity index (χ1n) is 39.1. The van der Waals surface area contributed by atoms with Gasteiger partial charge in [-0.3, -0.25) is 0 Å². The zero-order valence-corrected chi connectivity index (χ0v) is 62.7. The van der Waals surface area contributed by atoms with Gasteiger partial charge in [0.15, 0.2) is 0 Å². The molecule has 11 aliphatic heterocycles. The highest BCUT2D eigenvalue weighted by Gasteiger charge is 2.54. The first kappa shape index (κ1) is 65.0. The number of para-hydroxylation sites is 3. The van der Waals surface area contributed by atoms with Crippen molar-refractivity contribution in [3.63, 3.8) is 0 Å². The Morgan fingerprint density at radius 3 is 0.830 bits per heavy atom. The summed E-state index contributed by atoms with van der Waals surface area (Å²) in [6, 6.07) is 111. The van der Waals surface area contributed by atoms with E-state index in [1.165, 1.54) is 121 Å². The molecule has 0 N–H and O–H groups in total. The van der Waals surface area contributed by atoms with Gasteiger partial charge < -0.3 is 38.1 Å². The van der Waals surface area contributed by atoms with Crippen molar-refractivity contribution in [2.24, 2.45) is 0 Å². The van der Waals surface area contributed by atoms with Crippen LogP contribution in [0.5, 0.6) is 80.5 Å². The molecule has 0 saturated carbocycles. The number of benzene rings is 15. The van der Waals surface area contributed by atoms with Crippen LogP contribution in [0.3, 0.4) is 0 Å². The lowest BCUT2D eigenvalue weighted by molar-refractivity contribution is 0.459. The van der Waals surface area contributed by atoms with Crippen LogP contribution in [-0.2, 0) is 16.2 Å². The largest absolute Gasteiger partial charge is 0.458 e. The van der Waals surface area contributed by atoms with E-state index in [1.54, 1.807) is 0 Å². The summed E-state index contributed by atoms with van der Waals surface area (Å²) < 4.78 is 44.5. The van der Waals surface area contributed by atoms with Crippen molar-refractivity contribution in [2.75, 3.05) is 4.90 Å². The van der Waals surface area contributed by atoms with Gasteiger partial charge in [-0.2, -0.15) is 0 Å². The van der Waals surface area contributed by atoms with Gasteiger partial charge in [-0.05, 0) is 185 Å². The van der Waals surface area contributed by atoms with Crippen LogP contribution in [-0.4, -0.2) is 33.6 Å². The van der Waals surface area contributed by atoms with Crippen molar-refractivity contribution in [3.8, 4) is 80.5 Å². The Hall–Kier alpha value is -13.0. The van der Waals surface area contributed by atoms with Gasteiger partial charge in [0.2, 0.25) is 0 Å². The lowest BCUT2D eigenvalue weighted by Gasteiger charge is -2.48. The Bertz CT molecular complexity index is 6190. The van der Waals surface area contributed by atoms with Crippen molar-refractivity contribution in [1.82, 2.24) is 0 Å². The second-order valence-electron chi connectivity index (χ2n) is 32.6. The zero-order chi connectivity index (χ0) is 74.6. The van der Waals surface area contributed by atoms with Crippen LogP contribution in [0.25, 0.3) is 0 Å². The van der Waals surface area contributed by atoms with Gasteiger partial charge in [-0.15, -0.1) is 0 Å². The third-order valence-electron chi connectivity index (χ3n) is 25.7. The third-order valence-corrected chi connectivity index (χ3v) is 25.7. The Balaban J connectivity index is 0.0000000898. The second kappa shape index (κ2) is 24.0. The molecule has 0 spiro atoms. The standard InChI is InChI=1S/C30H20B2O2.C24H14BNO2.C24H21BO.C21H15BO2/c1-3-11-21(12-4-1)31-23-15-7-9-17-27(23)33-29-20-30-26(19-25(29)31)32(22-13-5-2-6-14-22)24-16-8-10-18-28(24)34-30;1-2-7-15(8-3-1)26-16-9-4-11-18-22(16)25-23-17(26)10-5-12-19(23)28-21-14-6-13-20(27-18)24(21)25;1-23(2)14-8-5-9-15-20(14)25-21-16(23)10-6-12-18(21)26-19-13-7-11-17(22(19)25)24(15,3)4;1-21(2)12-6-3-8-14-18(12)22-19-13(21)7-4-9-15(19)24-17-11-5-10-16(23-14)20(17)22/h1-20H;1-14H;5-13H,1-4H3;3-11H,1-2H3. The van der Waals surface area contributed by atoms with Crippen LogP contribution in [0.2, 0.25) is 0 Å². The van der Waals surface area contributed by atoms with Gasteiger partial charge in [0, 0.05) is 50.3 Å². The molecule has 15 aromatic rings. The Kier molecular flexibility index (Phi) is 13.9. The minimum Gasteiger partial charge on any atom is -0.458 e. The monoisotopic (exact) mass is 1440 g/mol. The molecule has 0 aromatic heterocycles. The number of ether oxygens (including phenoxy) is 7. The number of fused-ring (bicyclic) bond motifs is 4. The zero-order valence-electron chi connectivity index (χ0n) is 62.7. The third kappa shape index (κ3) is 9.25. The van der Waals surface area contributed by atoms with E-state index in [0.717, 1.165) is 91.6 Å². The topological polar surface area (TPSA) is 67.9 Å². The highest BCUT2D eigenvalue weighted by molar-refractivity contribution is 7.02. The number of nitrogens with zero attached hydrogens (tertiary/aromatic N) is 1. The highest BCUT2D eigenvalue weighted by Crippen LogP contribution is 2.49. The molecule has 0 amide bonds. The van der Waals surface area contributed by atoms with Gasteiger partial charge in [0.1, 0.15) is 80.5 Å². The number of rotatable bonds is 3. The molecule has 13 heteroatoms. The van der Waals surface area contributed by atoms with E-state index in [-0.39, 0.29) is 43.1 Å². The van der Waals surface area contributed by atoms with E-state index < -0.39 is 0 Å². The number of hydrogen-bond acceptors (Lipinski definition) is 8. The van der Waals surface area contributed by atoms with E-state index >= 15 is 0 Å². The maximum absolute atomic E-state index is 6.44. The molecule has 0 bridgehead atoms. The molecule has 11 heterocycles. The SMILES string of the molecule is CC1(C)c2cccc3c2B2c4c(cccc4C(C)(C)c4cccc1c42)O3.CC1(C)c2cccc3c2B2c4c(cccc4Oc4cccc1c42)O3.c1ccc(B2c3ccccc3Oc3cc4c(cc32)B(c2ccccc2)c2ccccc2O4)cc1.c1ccc(N2c3cccc4c3B3c5c(cccc5Oc5cccc2c53)O4)cc1. The van der Waals surface area contributed by atoms with E-state index in [9.17, 15) is 0 Å². The van der Waals surface area contributed by atoms with E-state index in [2.05, 4.69) is 307 Å². The summed E-state index contributed by atoms with van der Waals surface area (Å²) in [5.74, 6) is 13.0. The summed E-state index contributed by atoms with van der Waals surface area (Å²) in [5, 5.41) is 0. The molecule has 11 aliphatic rings. The fourth-order valence-corrected chi connectivity index (χ4v) is 20.8. The molecule has 528 valence electrons. The molecule has 112 heavy (non-hydrogen) atoms. The summed E-state index contributed by atoms with van der Waals surface area (Å²) in [5.41, 5.74) is 30.7. The Morgan fingerprint density at radius 1 is 0.196 bits per heavy atom. The van der Waals surface area contributed by atoms with E-state index in [4.69, 9.17) is 33.2 Å². The van der Waals surface area contributed by atoms with Crippen molar-refractivity contribution in [3.05, 3.63) is 349 Å². The van der Waals surface area contributed by atoms with Gasteiger partial charge >= 0.3 is 0 Å². The van der Waals surface area contributed by atoms with Crippen molar-refractivity contribution < 1.29 is 33.2 Å². The molecule has 0 unspecified atom stereocenters. The first-order valence-corrected chi connectivity index (χ1v) is 39.1. The van der Waals surface area contributed by atoms with Crippen LogP contribution in [0.15, 0.2) is 315 Å². The predicted molar refractivity (Wildman–Crippen MR) is 459 cm³/mol. The Morgan fingerprint density at radius 2 is 0.455 bits per heavy atom. The molecular formula is C99H70B5NO7. The quantitative estimate of drug-likeness (QED) is 0.162. The van der Waals surface area contributed by atoms with Crippen LogP contribution >= 0.6 is 0 Å².